The van der Waals surface area contributed by atoms with Crippen LogP contribution in [0.5, 0.6) is 0 Å². The van der Waals surface area contributed by atoms with Gasteiger partial charge in [-0.05, 0) is 44.5 Å². The van der Waals surface area contributed by atoms with E-state index in [4.69, 9.17) is 0 Å². The summed E-state index contributed by atoms with van der Waals surface area (Å²) < 4.78 is 0. The van der Waals surface area contributed by atoms with Crippen LogP contribution in [-0.4, -0.2) is 36.5 Å². The fraction of sp³-hybridized carbons (Fsp3) is 0.562. The maximum atomic E-state index is 11.2. The van der Waals surface area contributed by atoms with Crippen LogP contribution in [0, 0.1) is 0 Å². The van der Waals surface area contributed by atoms with Crippen LogP contribution in [0.1, 0.15) is 32.3 Å². The molecule has 2 rings (SSSR count). The summed E-state index contributed by atoms with van der Waals surface area (Å²) in [5.74, 6) is -0.0251. The number of amides is 1. The highest BCUT2D eigenvalue weighted by molar-refractivity contribution is 5.89. The molecule has 4 heteroatoms. The van der Waals surface area contributed by atoms with E-state index >= 15 is 0 Å². The number of likely N-dealkylation sites (tertiary alicyclic amines) is 1. The lowest BCUT2D eigenvalue weighted by Gasteiger charge is -2.24. The van der Waals surface area contributed by atoms with Crippen molar-refractivity contribution in [1.29, 1.82) is 0 Å². The topological polar surface area (TPSA) is 44.4 Å². The van der Waals surface area contributed by atoms with E-state index in [0.29, 0.717) is 6.04 Å². The lowest BCUT2D eigenvalue weighted by Crippen LogP contribution is -2.38. The molecule has 0 aliphatic carbocycles. The van der Waals surface area contributed by atoms with Crippen molar-refractivity contribution in [3.63, 3.8) is 0 Å². The molecule has 0 radical (unpaired) electrons. The van der Waals surface area contributed by atoms with E-state index in [1.807, 2.05) is 18.2 Å². The number of hydrogen-bond acceptors (Lipinski definition) is 3. The molecule has 1 aliphatic heterocycles. The Morgan fingerprint density at radius 2 is 2.00 bits per heavy atom. The molecule has 0 bridgehead atoms. The van der Waals surface area contributed by atoms with Gasteiger partial charge >= 0.3 is 0 Å². The highest BCUT2D eigenvalue weighted by atomic mass is 16.1. The third-order valence-electron chi connectivity index (χ3n) is 3.85. The second kappa shape index (κ2) is 7.41. The Morgan fingerprint density at radius 3 is 2.70 bits per heavy atom. The molecule has 0 aromatic heterocycles. The number of carbonyl (C=O) groups is 1. The van der Waals surface area contributed by atoms with Crippen molar-refractivity contribution in [3.05, 3.63) is 29.8 Å². The van der Waals surface area contributed by atoms with Gasteiger partial charge < -0.3 is 10.6 Å². The molecule has 110 valence electrons. The van der Waals surface area contributed by atoms with Crippen LogP contribution in [0.2, 0.25) is 0 Å². The fourth-order valence-electron chi connectivity index (χ4n) is 2.71. The van der Waals surface area contributed by atoms with Gasteiger partial charge in [0, 0.05) is 31.7 Å². The summed E-state index contributed by atoms with van der Waals surface area (Å²) in [6.45, 7) is 8.04. The highest BCUT2D eigenvalue weighted by Gasteiger charge is 2.17. The van der Waals surface area contributed by atoms with Crippen molar-refractivity contribution in [3.8, 4) is 0 Å². The zero-order chi connectivity index (χ0) is 14.4. The van der Waals surface area contributed by atoms with Crippen LogP contribution < -0.4 is 10.6 Å². The first-order chi connectivity index (χ1) is 9.66. The molecule has 1 heterocycles. The Kier molecular flexibility index (Phi) is 5.56. The summed E-state index contributed by atoms with van der Waals surface area (Å²) in [6.07, 6.45) is 2.66. The molecular weight excluding hydrogens is 250 g/mol. The van der Waals surface area contributed by atoms with Gasteiger partial charge in [0.15, 0.2) is 0 Å². The summed E-state index contributed by atoms with van der Waals surface area (Å²) in [6, 6.07) is 8.53. The van der Waals surface area contributed by atoms with E-state index in [1.165, 1.54) is 25.9 Å². The molecule has 1 saturated heterocycles. The van der Waals surface area contributed by atoms with Gasteiger partial charge in [0.25, 0.3) is 0 Å². The Balaban J connectivity index is 1.82. The van der Waals surface area contributed by atoms with E-state index in [2.05, 4.69) is 28.5 Å². The predicted octanol–water partition coefficient (Wildman–Crippen LogP) is 2.22. The maximum absolute atomic E-state index is 11.2. The van der Waals surface area contributed by atoms with E-state index < -0.39 is 0 Å². The van der Waals surface area contributed by atoms with Gasteiger partial charge in [0.1, 0.15) is 0 Å². The summed E-state index contributed by atoms with van der Waals surface area (Å²) >= 11 is 0. The van der Waals surface area contributed by atoms with Gasteiger partial charge in [-0.25, -0.2) is 0 Å². The first kappa shape index (κ1) is 15.0. The lowest BCUT2D eigenvalue weighted by atomic mass is 10.1. The smallest absolute Gasteiger partial charge is 0.221 e. The number of nitrogens with zero attached hydrogens (tertiary/aromatic N) is 1. The van der Waals surface area contributed by atoms with Gasteiger partial charge in [0.2, 0.25) is 5.91 Å². The second-order valence-corrected chi connectivity index (χ2v) is 5.56. The lowest BCUT2D eigenvalue weighted by molar-refractivity contribution is -0.114. The molecule has 0 saturated carbocycles. The summed E-state index contributed by atoms with van der Waals surface area (Å²) in [4.78, 5) is 13.7. The van der Waals surface area contributed by atoms with Crippen LogP contribution in [0.3, 0.4) is 0 Å². The molecule has 1 fully saturated rings. The minimum Gasteiger partial charge on any atom is -0.326 e. The van der Waals surface area contributed by atoms with Crippen molar-refractivity contribution < 1.29 is 4.79 Å². The summed E-state index contributed by atoms with van der Waals surface area (Å²) in [5, 5.41) is 6.38. The van der Waals surface area contributed by atoms with Gasteiger partial charge in [0.05, 0.1) is 0 Å². The monoisotopic (exact) mass is 275 g/mol. The van der Waals surface area contributed by atoms with Crippen molar-refractivity contribution in [2.75, 3.05) is 25.0 Å². The minimum absolute atomic E-state index is 0.0251. The fourth-order valence-corrected chi connectivity index (χ4v) is 2.71. The Bertz CT molecular complexity index is 441. The van der Waals surface area contributed by atoms with Gasteiger partial charge in [-0.1, -0.05) is 18.2 Å². The van der Waals surface area contributed by atoms with Gasteiger partial charge in [-0.2, -0.15) is 0 Å². The summed E-state index contributed by atoms with van der Waals surface area (Å²) in [5.41, 5.74) is 2.04. The molecule has 1 aromatic carbocycles. The van der Waals surface area contributed by atoms with Crippen molar-refractivity contribution >= 4 is 11.6 Å². The highest BCUT2D eigenvalue weighted by Crippen LogP contribution is 2.15. The molecule has 20 heavy (non-hydrogen) atoms. The zero-order valence-electron chi connectivity index (χ0n) is 12.5. The average molecular weight is 275 g/mol. The number of benzene rings is 1. The van der Waals surface area contributed by atoms with Crippen molar-refractivity contribution in [2.24, 2.45) is 0 Å². The van der Waals surface area contributed by atoms with E-state index in [-0.39, 0.29) is 5.91 Å². The normalized spacial score (nSPS) is 17.1. The largest absolute Gasteiger partial charge is 0.326 e. The maximum Gasteiger partial charge on any atom is 0.221 e. The quantitative estimate of drug-likeness (QED) is 0.836. The molecule has 1 atom stereocenters. The van der Waals surface area contributed by atoms with Crippen molar-refractivity contribution in [1.82, 2.24) is 10.2 Å². The molecule has 1 aliphatic rings. The van der Waals surface area contributed by atoms with Crippen LogP contribution >= 0.6 is 0 Å². The number of para-hydroxylation sites is 1. The van der Waals surface area contributed by atoms with E-state index in [1.54, 1.807) is 6.92 Å². The van der Waals surface area contributed by atoms with Crippen molar-refractivity contribution in [2.45, 2.75) is 39.3 Å². The van der Waals surface area contributed by atoms with Gasteiger partial charge in [-0.15, -0.1) is 0 Å². The van der Waals surface area contributed by atoms with E-state index in [9.17, 15) is 4.79 Å². The number of rotatable bonds is 6. The molecule has 0 spiro atoms. The Labute approximate surface area is 121 Å². The predicted molar refractivity (Wildman–Crippen MR) is 82.7 cm³/mol. The minimum atomic E-state index is -0.0251. The van der Waals surface area contributed by atoms with Crippen LogP contribution in [0.15, 0.2) is 24.3 Å². The molecule has 2 N–H and O–H groups in total. The molecule has 1 amide bonds. The first-order valence-electron chi connectivity index (χ1n) is 7.47. The first-order valence-corrected chi connectivity index (χ1v) is 7.47. The standard InChI is InChI=1S/C16H25N3O/c1-13(19-9-5-6-10-19)11-17-12-15-7-3-4-8-16(15)18-14(2)20/h3-4,7-8,13,17H,5-6,9-12H2,1-2H3,(H,18,20). The van der Waals surface area contributed by atoms with Crippen LogP contribution in [0.4, 0.5) is 5.69 Å². The number of carbonyl (C=O) groups excluding carboxylic acids is 1. The second-order valence-electron chi connectivity index (χ2n) is 5.56. The summed E-state index contributed by atoms with van der Waals surface area (Å²) in [7, 11) is 0. The average Bonchev–Trinajstić information content (AvgIpc) is 2.94. The zero-order valence-corrected chi connectivity index (χ0v) is 12.5. The number of anilines is 1. The third kappa shape index (κ3) is 4.32. The molecular formula is C16H25N3O. The Hall–Kier alpha value is -1.39. The van der Waals surface area contributed by atoms with E-state index in [0.717, 1.165) is 24.3 Å². The molecule has 1 unspecified atom stereocenters. The molecule has 4 nitrogen and oxygen atoms in total. The van der Waals surface area contributed by atoms with Crippen LogP contribution in [-0.2, 0) is 11.3 Å². The third-order valence-corrected chi connectivity index (χ3v) is 3.85. The van der Waals surface area contributed by atoms with Crippen LogP contribution in [0.25, 0.3) is 0 Å². The number of hydrogen-bond donors (Lipinski definition) is 2. The molecule has 1 aromatic rings. The number of nitrogens with one attached hydrogen (secondary N) is 2. The Morgan fingerprint density at radius 1 is 1.30 bits per heavy atom. The van der Waals surface area contributed by atoms with Gasteiger partial charge in [-0.3, -0.25) is 9.69 Å². The SMILES string of the molecule is CC(=O)Nc1ccccc1CNCC(C)N1CCCC1.